The van der Waals surface area contributed by atoms with E-state index in [1.807, 2.05) is 18.2 Å². The molecule has 2 heterocycles. The van der Waals surface area contributed by atoms with Gasteiger partial charge in [-0.15, -0.1) is 0 Å². The van der Waals surface area contributed by atoms with Crippen LogP contribution in [-0.2, 0) is 19.1 Å². The summed E-state index contributed by atoms with van der Waals surface area (Å²) < 4.78 is 12.2. The minimum absolute atomic E-state index is 0.0569. The smallest absolute Gasteiger partial charge is 0.261 e. The van der Waals surface area contributed by atoms with Crippen molar-refractivity contribution in [3.63, 3.8) is 0 Å². The van der Waals surface area contributed by atoms with Gasteiger partial charge in [-0.3, -0.25) is 14.4 Å². The molecule has 2 fully saturated rings. The molecule has 2 unspecified atom stereocenters. The van der Waals surface area contributed by atoms with Crippen molar-refractivity contribution < 1.29 is 23.9 Å². The molecule has 162 valence electrons. The van der Waals surface area contributed by atoms with Crippen LogP contribution in [0.25, 0.3) is 0 Å². The number of hydrogen-bond donors (Lipinski definition) is 0. The fourth-order valence-corrected chi connectivity index (χ4v) is 4.14. The molecular formula is C23H23BrN2O5. The van der Waals surface area contributed by atoms with Crippen LogP contribution in [0.4, 0.5) is 5.69 Å². The number of imide groups is 1. The zero-order valence-corrected chi connectivity index (χ0v) is 18.5. The SMILES string of the molecule is O=C1CC(N(CC2CCCO2)C(=O)COc2ccccc2)C(=O)N1c1ccc(Br)cc1. The Morgan fingerprint density at radius 2 is 1.87 bits per heavy atom. The summed E-state index contributed by atoms with van der Waals surface area (Å²) in [5.41, 5.74) is 0.491. The van der Waals surface area contributed by atoms with E-state index in [1.54, 1.807) is 36.4 Å². The lowest BCUT2D eigenvalue weighted by atomic mass is 10.1. The molecule has 0 aromatic heterocycles. The second-order valence-corrected chi connectivity index (χ2v) is 8.46. The Bertz CT molecular complexity index is 944. The number of benzene rings is 2. The Balaban J connectivity index is 1.52. The van der Waals surface area contributed by atoms with Gasteiger partial charge in [0.2, 0.25) is 5.91 Å². The fraction of sp³-hybridized carbons (Fsp3) is 0.348. The molecular weight excluding hydrogens is 464 g/mol. The van der Waals surface area contributed by atoms with Gasteiger partial charge in [-0.05, 0) is 49.2 Å². The molecule has 0 spiro atoms. The largest absolute Gasteiger partial charge is 0.484 e. The van der Waals surface area contributed by atoms with Crippen LogP contribution < -0.4 is 9.64 Å². The number of amides is 3. The predicted molar refractivity (Wildman–Crippen MR) is 118 cm³/mol. The molecule has 31 heavy (non-hydrogen) atoms. The van der Waals surface area contributed by atoms with Crippen LogP contribution in [0, 0.1) is 0 Å². The number of hydrogen-bond acceptors (Lipinski definition) is 5. The number of nitrogens with zero attached hydrogens (tertiary/aromatic N) is 2. The van der Waals surface area contributed by atoms with Crippen LogP contribution in [0.15, 0.2) is 59.1 Å². The van der Waals surface area contributed by atoms with Crippen molar-refractivity contribution in [2.45, 2.75) is 31.4 Å². The summed E-state index contributed by atoms with van der Waals surface area (Å²) in [5, 5.41) is 0. The van der Waals surface area contributed by atoms with Crippen molar-refractivity contribution >= 4 is 39.3 Å². The lowest BCUT2D eigenvalue weighted by Crippen LogP contribution is -2.50. The fourth-order valence-electron chi connectivity index (χ4n) is 3.88. The highest BCUT2D eigenvalue weighted by molar-refractivity contribution is 9.10. The molecule has 2 atom stereocenters. The van der Waals surface area contributed by atoms with Gasteiger partial charge in [0.25, 0.3) is 11.8 Å². The van der Waals surface area contributed by atoms with Gasteiger partial charge in [-0.1, -0.05) is 34.1 Å². The van der Waals surface area contributed by atoms with Crippen LogP contribution in [0.3, 0.4) is 0 Å². The molecule has 2 saturated heterocycles. The Kier molecular flexibility index (Phi) is 6.67. The Labute approximate surface area is 189 Å². The van der Waals surface area contributed by atoms with Gasteiger partial charge in [0, 0.05) is 17.6 Å². The van der Waals surface area contributed by atoms with Crippen LogP contribution in [0.5, 0.6) is 5.75 Å². The lowest BCUT2D eigenvalue weighted by Gasteiger charge is -2.29. The maximum atomic E-state index is 13.2. The average molecular weight is 487 g/mol. The zero-order valence-electron chi connectivity index (χ0n) is 16.9. The van der Waals surface area contributed by atoms with Gasteiger partial charge in [0.1, 0.15) is 11.8 Å². The van der Waals surface area contributed by atoms with Crippen molar-refractivity contribution in [3.8, 4) is 5.75 Å². The van der Waals surface area contributed by atoms with E-state index in [2.05, 4.69) is 15.9 Å². The van der Waals surface area contributed by atoms with Gasteiger partial charge in [-0.25, -0.2) is 4.90 Å². The molecule has 8 heteroatoms. The molecule has 7 nitrogen and oxygen atoms in total. The van der Waals surface area contributed by atoms with E-state index in [0.717, 1.165) is 22.2 Å². The summed E-state index contributed by atoms with van der Waals surface area (Å²) in [6.07, 6.45) is 1.52. The summed E-state index contributed by atoms with van der Waals surface area (Å²) >= 11 is 3.35. The monoisotopic (exact) mass is 486 g/mol. The summed E-state index contributed by atoms with van der Waals surface area (Å²) in [6, 6.07) is 15.1. The highest BCUT2D eigenvalue weighted by atomic mass is 79.9. The topological polar surface area (TPSA) is 76.1 Å². The first-order valence-electron chi connectivity index (χ1n) is 10.2. The summed E-state index contributed by atoms with van der Waals surface area (Å²) in [6.45, 7) is 0.678. The summed E-state index contributed by atoms with van der Waals surface area (Å²) in [5.74, 6) is -0.508. The van der Waals surface area contributed by atoms with Crippen molar-refractivity contribution in [1.82, 2.24) is 4.90 Å². The summed E-state index contributed by atoms with van der Waals surface area (Å²) in [4.78, 5) is 41.6. The quantitative estimate of drug-likeness (QED) is 0.561. The second-order valence-electron chi connectivity index (χ2n) is 7.55. The third-order valence-corrected chi connectivity index (χ3v) is 5.96. The van der Waals surface area contributed by atoms with E-state index >= 15 is 0 Å². The minimum atomic E-state index is -0.868. The van der Waals surface area contributed by atoms with Crippen LogP contribution in [0.1, 0.15) is 19.3 Å². The molecule has 2 aromatic rings. The second kappa shape index (κ2) is 9.62. The number of anilines is 1. The normalized spacial score (nSPS) is 20.9. The van der Waals surface area contributed by atoms with Gasteiger partial charge in [-0.2, -0.15) is 0 Å². The third kappa shape index (κ3) is 4.97. The van der Waals surface area contributed by atoms with Gasteiger partial charge in [0.05, 0.1) is 18.2 Å². The molecule has 3 amide bonds. The Morgan fingerprint density at radius 1 is 1.13 bits per heavy atom. The number of ether oxygens (including phenoxy) is 2. The number of halogens is 1. The Morgan fingerprint density at radius 3 is 2.55 bits per heavy atom. The van der Waals surface area contributed by atoms with Crippen molar-refractivity contribution in [1.29, 1.82) is 0 Å². The first-order chi connectivity index (χ1) is 15.0. The lowest BCUT2D eigenvalue weighted by molar-refractivity contribution is -0.141. The van der Waals surface area contributed by atoms with E-state index in [1.165, 1.54) is 4.90 Å². The average Bonchev–Trinajstić information content (AvgIpc) is 3.39. The molecule has 4 rings (SSSR count). The molecule has 2 aliphatic heterocycles. The maximum Gasteiger partial charge on any atom is 0.261 e. The van der Waals surface area contributed by atoms with E-state index < -0.39 is 11.9 Å². The van der Waals surface area contributed by atoms with E-state index in [0.29, 0.717) is 18.0 Å². The van der Waals surface area contributed by atoms with Crippen LogP contribution >= 0.6 is 15.9 Å². The standard InChI is InChI=1S/C23H23BrN2O5/c24-16-8-10-17(11-9-16)26-21(27)13-20(23(26)29)25(14-19-7-4-12-30-19)22(28)15-31-18-5-2-1-3-6-18/h1-3,5-6,8-11,19-20H,4,7,12-15H2. The number of carbonyl (C=O) groups excluding carboxylic acids is 3. The highest BCUT2D eigenvalue weighted by Crippen LogP contribution is 2.28. The molecule has 0 N–H and O–H groups in total. The van der Waals surface area contributed by atoms with Gasteiger partial charge in [0.15, 0.2) is 6.61 Å². The molecule has 2 aliphatic rings. The minimum Gasteiger partial charge on any atom is -0.484 e. The summed E-state index contributed by atoms with van der Waals surface area (Å²) in [7, 11) is 0. The number of rotatable bonds is 7. The highest BCUT2D eigenvalue weighted by Gasteiger charge is 2.45. The van der Waals surface area contributed by atoms with Crippen molar-refractivity contribution in [3.05, 3.63) is 59.1 Å². The van der Waals surface area contributed by atoms with Crippen LogP contribution in [-0.4, -0.2) is 54.5 Å². The maximum absolute atomic E-state index is 13.2. The predicted octanol–water partition coefficient (Wildman–Crippen LogP) is 3.17. The molecule has 0 radical (unpaired) electrons. The van der Waals surface area contributed by atoms with Gasteiger partial charge < -0.3 is 14.4 Å². The third-order valence-electron chi connectivity index (χ3n) is 5.43. The molecule has 0 aliphatic carbocycles. The van der Waals surface area contributed by atoms with E-state index in [-0.39, 0.29) is 37.5 Å². The van der Waals surface area contributed by atoms with Gasteiger partial charge >= 0.3 is 0 Å². The van der Waals surface area contributed by atoms with E-state index in [9.17, 15) is 14.4 Å². The van der Waals surface area contributed by atoms with Crippen LogP contribution in [0.2, 0.25) is 0 Å². The Hall–Kier alpha value is -2.71. The molecule has 0 saturated carbocycles. The number of para-hydroxylation sites is 1. The molecule has 2 aromatic carbocycles. The van der Waals surface area contributed by atoms with Crippen molar-refractivity contribution in [2.24, 2.45) is 0 Å². The first-order valence-corrected chi connectivity index (χ1v) is 11.0. The molecule has 0 bridgehead atoms. The van der Waals surface area contributed by atoms with E-state index in [4.69, 9.17) is 9.47 Å². The number of carbonyl (C=O) groups is 3. The van der Waals surface area contributed by atoms with Crippen molar-refractivity contribution in [2.75, 3.05) is 24.7 Å². The zero-order chi connectivity index (χ0) is 21.8. The first kappa shape index (κ1) is 21.5.